The van der Waals surface area contributed by atoms with E-state index in [9.17, 15) is 0 Å². The molecule has 0 atom stereocenters. The van der Waals surface area contributed by atoms with Crippen LogP contribution in [0.5, 0.6) is 0 Å². The molecule has 1 saturated heterocycles. The number of hydrogen-bond donors (Lipinski definition) is 2. The van der Waals surface area contributed by atoms with E-state index in [0.29, 0.717) is 17.3 Å². The standard InChI is InChI=1S/C29H31N9/c1-4-20(17-37-13-7-6-8-14-37)15-21(5-2)22-9-10-24-25(32-22)27(36-35-24)28-33-23-11-12-30-29(26(23)34-28)38-16-19(3)31-18-38/h4-5,9-12,15-16,18H,1,6-8,13-14,17H2,2-3H3,(H,33,34)(H,35,36)/b20-15+,21-5+. The van der Waals surface area contributed by atoms with Crippen molar-refractivity contribution >= 4 is 27.6 Å². The number of H-pyrrole nitrogens is 2. The number of nitrogens with one attached hydrogen (secondary N) is 2. The minimum absolute atomic E-state index is 0.636. The maximum Gasteiger partial charge on any atom is 0.166 e. The Balaban J connectivity index is 1.36. The van der Waals surface area contributed by atoms with Crippen molar-refractivity contribution in [2.75, 3.05) is 19.6 Å². The number of pyridine rings is 2. The van der Waals surface area contributed by atoms with E-state index in [2.05, 4.69) is 48.8 Å². The van der Waals surface area contributed by atoms with Gasteiger partial charge >= 0.3 is 0 Å². The highest BCUT2D eigenvalue weighted by Gasteiger charge is 2.18. The van der Waals surface area contributed by atoms with Crippen LogP contribution in [0.1, 0.15) is 37.6 Å². The fraction of sp³-hybridized carbons (Fsp3) is 0.276. The van der Waals surface area contributed by atoms with Crippen LogP contribution in [0.3, 0.4) is 0 Å². The molecule has 9 nitrogen and oxygen atoms in total. The number of fused-ring (bicyclic) bond motifs is 2. The van der Waals surface area contributed by atoms with Crippen LogP contribution in [0.15, 0.2) is 67.3 Å². The summed E-state index contributed by atoms with van der Waals surface area (Å²) in [7, 11) is 0. The van der Waals surface area contributed by atoms with Crippen LogP contribution >= 0.6 is 0 Å². The number of likely N-dealkylation sites (tertiary alicyclic amines) is 1. The van der Waals surface area contributed by atoms with Crippen LogP contribution in [0.4, 0.5) is 0 Å². The third-order valence-corrected chi connectivity index (χ3v) is 7.03. The van der Waals surface area contributed by atoms with Crippen molar-refractivity contribution in [2.45, 2.75) is 33.1 Å². The van der Waals surface area contributed by atoms with Gasteiger partial charge in [-0.1, -0.05) is 25.2 Å². The molecule has 0 radical (unpaired) electrons. The zero-order chi connectivity index (χ0) is 26.1. The van der Waals surface area contributed by atoms with E-state index in [1.165, 1.54) is 24.8 Å². The van der Waals surface area contributed by atoms with Gasteiger partial charge in [0.1, 0.15) is 17.4 Å². The second-order valence-corrected chi connectivity index (χ2v) is 9.71. The van der Waals surface area contributed by atoms with Gasteiger partial charge in [0.2, 0.25) is 0 Å². The number of aromatic amines is 2. The number of aromatic nitrogens is 8. The van der Waals surface area contributed by atoms with Gasteiger partial charge in [-0.15, -0.1) is 0 Å². The predicted octanol–water partition coefficient (Wildman–Crippen LogP) is 5.39. The number of imidazole rings is 2. The Morgan fingerprint density at radius 3 is 2.68 bits per heavy atom. The monoisotopic (exact) mass is 505 g/mol. The van der Waals surface area contributed by atoms with Crippen molar-refractivity contribution < 1.29 is 0 Å². The molecule has 2 N–H and O–H groups in total. The highest BCUT2D eigenvalue weighted by atomic mass is 15.2. The van der Waals surface area contributed by atoms with E-state index < -0.39 is 0 Å². The molecule has 38 heavy (non-hydrogen) atoms. The summed E-state index contributed by atoms with van der Waals surface area (Å²) in [5, 5.41) is 7.68. The zero-order valence-corrected chi connectivity index (χ0v) is 21.8. The summed E-state index contributed by atoms with van der Waals surface area (Å²) in [6, 6.07) is 5.96. The number of allylic oxidation sites excluding steroid dienone is 3. The van der Waals surface area contributed by atoms with E-state index in [4.69, 9.17) is 9.97 Å². The molecule has 0 bridgehead atoms. The molecule has 0 spiro atoms. The number of rotatable bonds is 7. The third-order valence-electron chi connectivity index (χ3n) is 7.03. The average Bonchev–Trinajstić information content (AvgIpc) is 3.68. The van der Waals surface area contributed by atoms with E-state index in [0.717, 1.165) is 58.7 Å². The molecule has 0 aromatic carbocycles. The fourth-order valence-corrected chi connectivity index (χ4v) is 5.03. The Bertz CT molecular complexity index is 1670. The third kappa shape index (κ3) is 4.56. The lowest BCUT2D eigenvalue weighted by atomic mass is 10.0. The van der Waals surface area contributed by atoms with E-state index in [1.54, 1.807) is 12.5 Å². The summed E-state index contributed by atoms with van der Waals surface area (Å²) in [6.07, 6.45) is 15.6. The van der Waals surface area contributed by atoms with Crippen LogP contribution in [-0.2, 0) is 0 Å². The largest absolute Gasteiger partial charge is 0.336 e. The van der Waals surface area contributed by atoms with Crippen LogP contribution in [0.2, 0.25) is 0 Å². The molecular weight excluding hydrogens is 474 g/mol. The zero-order valence-electron chi connectivity index (χ0n) is 21.8. The molecule has 1 fully saturated rings. The molecule has 1 aliphatic rings. The van der Waals surface area contributed by atoms with Crippen LogP contribution in [0.25, 0.3) is 45.0 Å². The Kier molecular flexibility index (Phi) is 6.43. The van der Waals surface area contributed by atoms with Crippen molar-refractivity contribution in [1.29, 1.82) is 0 Å². The van der Waals surface area contributed by atoms with Gasteiger partial charge < -0.3 is 4.98 Å². The van der Waals surface area contributed by atoms with Gasteiger partial charge in [-0.2, -0.15) is 5.10 Å². The molecule has 0 unspecified atom stereocenters. The Hall–Kier alpha value is -4.37. The van der Waals surface area contributed by atoms with Gasteiger partial charge in [0.05, 0.1) is 22.4 Å². The topological polar surface area (TPSA) is 104 Å². The smallest absolute Gasteiger partial charge is 0.166 e. The van der Waals surface area contributed by atoms with Gasteiger partial charge in [0.15, 0.2) is 17.3 Å². The van der Waals surface area contributed by atoms with E-state index in [1.807, 2.05) is 48.9 Å². The quantitative estimate of drug-likeness (QED) is 0.287. The second-order valence-electron chi connectivity index (χ2n) is 9.71. The van der Waals surface area contributed by atoms with Crippen molar-refractivity contribution in [3.63, 3.8) is 0 Å². The normalized spacial score (nSPS) is 15.5. The van der Waals surface area contributed by atoms with Gasteiger partial charge in [-0.3, -0.25) is 14.6 Å². The first-order chi connectivity index (χ1) is 18.6. The van der Waals surface area contributed by atoms with Crippen LogP contribution in [-0.4, -0.2) is 64.2 Å². The number of piperidine rings is 1. The van der Waals surface area contributed by atoms with Crippen molar-refractivity contribution in [1.82, 2.24) is 44.6 Å². The minimum atomic E-state index is 0.636. The lowest BCUT2D eigenvalue weighted by molar-refractivity contribution is 0.248. The maximum absolute atomic E-state index is 5.03. The first kappa shape index (κ1) is 24.0. The fourth-order valence-electron chi connectivity index (χ4n) is 5.03. The molecule has 5 aromatic heterocycles. The Labute approximate surface area is 221 Å². The maximum atomic E-state index is 5.03. The Morgan fingerprint density at radius 1 is 1.05 bits per heavy atom. The first-order valence-corrected chi connectivity index (χ1v) is 13.1. The molecule has 1 aliphatic heterocycles. The summed E-state index contributed by atoms with van der Waals surface area (Å²) < 4.78 is 1.88. The molecule has 0 saturated carbocycles. The highest BCUT2D eigenvalue weighted by Crippen LogP contribution is 2.28. The summed E-state index contributed by atoms with van der Waals surface area (Å²) in [6.45, 7) is 11.3. The minimum Gasteiger partial charge on any atom is -0.336 e. The molecule has 6 heterocycles. The van der Waals surface area contributed by atoms with E-state index in [-0.39, 0.29) is 0 Å². The number of aryl methyl sites for hydroxylation is 1. The lowest BCUT2D eigenvalue weighted by Gasteiger charge is -2.26. The SMILES string of the molecule is C=C/C(=C\C(=C/C)c1ccc2[nH]nc(-c3nc4c(-n5cnc(C)c5)nccc4[nH]3)c2n1)CN1CCCCC1. The van der Waals surface area contributed by atoms with Crippen molar-refractivity contribution in [3.8, 4) is 17.3 Å². The van der Waals surface area contributed by atoms with Crippen LogP contribution < -0.4 is 0 Å². The summed E-state index contributed by atoms with van der Waals surface area (Å²) in [5.41, 5.74) is 7.95. The van der Waals surface area contributed by atoms with Gasteiger partial charge in [0.25, 0.3) is 0 Å². The summed E-state index contributed by atoms with van der Waals surface area (Å²) in [5.74, 6) is 1.35. The molecule has 9 heteroatoms. The van der Waals surface area contributed by atoms with Crippen LogP contribution in [0, 0.1) is 6.92 Å². The lowest BCUT2D eigenvalue weighted by Crippen LogP contribution is -2.31. The number of hydrogen-bond acceptors (Lipinski definition) is 6. The average molecular weight is 506 g/mol. The second kappa shape index (κ2) is 10.2. The molecular formula is C29H31N9. The van der Waals surface area contributed by atoms with Crippen molar-refractivity contribution in [2.24, 2.45) is 0 Å². The molecule has 6 rings (SSSR count). The van der Waals surface area contributed by atoms with Crippen molar-refractivity contribution in [3.05, 3.63) is 78.7 Å². The molecule has 0 amide bonds. The number of nitrogens with zero attached hydrogens (tertiary/aromatic N) is 7. The first-order valence-electron chi connectivity index (χ1n) is 13.1. The molecule has 0 aliphatic carbocycles. The summed E-state index contributed by atoms with van der Waals surface area (Å²) in [4.78, 5) is 24.7. The molecule has 5 aromatic rings. The van der Waals surface area contributed by atoms with E-state index >= 15 is 0 Å². The predicted molar refractivity (Wildman–Crippen MR) is 151 cm³/mol. The highest BCUT2D eigenvalue weighted by molar-refractivity contribution is 5.92. The van der Waals surface area contributed by atoms with Gasteiger partial charge in [-0.25, -0.2) is 19.9 Å². The summed E-state index contributed by atoms with van der Waals surface area (Å²) >= 11 is 0. The Morgan fingerprint density at radius 2 is 1.92 bits per heavy atom. The van der Waals surface area contributed by atoms with Gasteiger partial charge in [0, 0.05) is 18.9 Å². The van der Waals surface area contributed by atoms with Gasteiger partial charge in [-0.05, 0) is 75.2 Å². The molecule has 192 valence electrons.